The summed E-state index contributed by atoms with van der Waals surface area (Å²) in [5.74, 6) is 1.35. The number of aromatic nitrogens is 1. The van der Waals surface area contributed by atoms with Gasteiger partial charge in [0.25, 0.3) is 0 Å². The van der Waals surface area contributed by atoms with Gasteiger partial charge in [0, 0.05) is 22.1 Å². The predicted molar refractivity (Wildman–Crippen MR) is 145 cm³/mol. The van der Waals surface area contributed by atoms with E-state index in [4.69, 9.17) is 32.5 Å². The highest BCUT2D eigenvalue weighted by atomic mass is 35.5. The second-order valence-electron chi connectivity index (χ2n) is 8.62. The van der Waals surface area contributed by atoms with Crippen molar-refractivity contribution in [3.05, 3.63) is 98.7 Å². The molecule has 0 aliphatic heterocycles. The summed E-state index contributed by atoms with van der Waals surface area (Å²) in [6.07, 6.45) is 0. The Morgan fingerprint density at radius 3 is 2.47 bits per heavy atom. The van der Waals surface area contributed by atoms with Crippen LogP contribution in [0.1, 0.15) is 52.6 Å². The van der Waals surface area contributed by atoms with E-state index in [1.807, 2.05) is 45.0 Å². The summed E-state index contributed by atoms with van der Waals surface area (Å²) in [4.78, 5) is 12.1. The summed E-state index contributed by atoms with van der Waals surface area (Å²) in [7, 11) is 0. The fourth-order valence-electron chi connectivity index (χ4n) is 3.79. The van der Waals surface area contributed by atoms with E-state index in [2.05, 4.69) is 5.16 Å². The Morgan fingerprint density at radius 1 is 1.08 bits per heavy atom. The van der Waals surface area contributed by atoms with Crippen molar-refractivity contribution >= 4 is 40.9 Å². The first-order chi connectivity index (χ1) is 17.2. The number of hydrogen-bond acceptors (Lipinski definition) is 5. The lowest BCUT2D eigenvalue weighted by molar-refractivity contribution is 0.0696. The van der Waals surface area contributed by atoms with Gasteiger partial charge in [0.05, 0.1) is 21.2 Å². The molecular formula is C28H25Cl2NO4S. The van der Waals surface area contributed by atoms with Crippen LogP contribution in [0.5, 0.6) is 5.75 Å². The van der Waals surface area contributed by atoms with Crippen LogP contribution in [0.4, 0.5) is 0 Å². The molecule has 4 rings (SSSR count). The molecule has 0 aliphatic carbocycles. The van der Waals surface area contributed by atoms with Crippen molar-refractivity contribution in [3.63, 3.8) is 0 Å². The second kappa shape index (κ2) is 11.4. The van der Waals surface area contributed by atoms with Gasteiger partial charge in [-0.2, -0.15) is 0 Å². The van der Waals surface area contributed by atoms with Crippen molar-refractivity contribution in [2.24, 2.45) is 0 Å². The summed E-state index contributed by atoms with van der Waals surface area (Å²) in [5.41, 5.74) is 4.54. The summed E-state index contributed by atoms with van der Waals surface area (Å²) in [6, 6.07) is 18.2. The zero-order chi connectivity index (χ0) is 25.8. The van der Waals surface area contributed by atoms with E-state index < -0.39 is 5.97 Å². The number of carboxylic acids is 1. The molecule has 1 N–H and O–H groups in total. The maximum Gasteiger partial charge on any atom is 0.335 e. The number of nitrogens with zero attached hydrogens (tertiary/aromatic N) is 1. The van der Waals surface area contributed by atoms with Crippen molar-refractivity contribution in [3.8, 4) is 17.0 Å². The van der Waals surface area contributed by atoms with E-state index in [-0.39, 0.29) is 18.1 Å². The molecule has 0 radical (unpaired) electrons. The lowest BCUT2D eigenvalue weighted by atomic mass is 10.0. The molecule has 0 unspecified atom stereocenters. The first-order valence-corrected chi connectivity index (χ1v) is 13.1. The van der Waals surface area contributed by atoms with Crippen molar-refractivity contribution in [2.45, 2.75) is 43.9 Å². The smallest absolute Gasteiger partial charge is 0.335 e. The zero-order valence-corrected chi connectivity index (χ0v) is 22.4. The third kappa shape index (κ3) is 5.89. The van der Waals surface area contributed by atoms with Crippen LogP contribution in [0.25, 0.3) is 11.3 Å². The van der Waals surface area contributed by atoms with Gasteiger partial charge in [0.1, 0.15) is 23.8 Å². The van der Waals surface area contributed by atoms with Gasteiger partial charge in [0.2, 0.25) is 0 Å². The minimum atomic E-state index is -0.927. The third-order valence-corrected chi connectivity index (χ3v) is 7.39. The molecule has 0 bridgehead atoms. The lowest BCUT2D eigenvalue weighted by Gasteiger charge is -2.12. The first-order valence-electron chi connectivity index (χ1n) is 11.4. The summed E-state index contributed by atoms with van der Waals surface area (Å²) in [6.45, 7) is 6.35. The highest BCUT2D eigenvalue weighted by molar-refractivity contribution is 7.98. The van der Waals surface area contributed by atoms with Crippen LogP contribution >= 0.6 is 35.0 Å². The molecule has 1 aromatic heterocycles. The topological polar surface area (TPSA) is 72.6 Å². The number of halogens is 2. The van der Waals surface area contributed by atoms with E-state index >= 15 is 0 Å². The van der Waals surface area contributed by atoms with E-state index in [0.717, 1.165) is 33.1 Å². The molecule has 0 fully saturated rings. The Kier molecular flexibility index (Phi) is 8.29. The van der Waals surface area contributed by atoms with Gasteiger partial charge < -0.3 is 14.4 Å². The molecular weight excluding hydrogens is 517 g/mol. The first kappa shape index (κ1) is 26.1. The van der Waals surface area contributed by atoms with E-state index in [9.17, 15) is 9.90 Å². The van der Waals surface area contributed by atoms with Gasteiger partial charge >= 0.3 is 5.97 Å². The summed E-state index contributed by atoms with van der Waals surface area (Å²) in [5, 5.41) is 14.5. The Hall–Kier alpha value is -2.93. The molecule has 5 nitrogen and oxygen atoms in total. The Morgan fingerprint density at radius 2 is 1.81 bits per heavy atom. The van der Waals surface area contributed by atoms with Crippen molar-refractivity contribution < 1.29 is 19.2 Å². The molecule has 0 atom stereocenters. The molecule has 186 valence electrons. The predicted octanol–water partition coefficient (Wildman–Crippen LogP) is 8.65. The largest absolute Gasteiger partial charge is 0.489 e. The number of ether oxygens (including phenoxy) is 1. The SMILES string of the molecule is Cc1cc(OCc2c(-c3c(Cl)cccc3Cl)noc2C(C)C)ccc1CSc1cccc(C(=O)O)c1. The molecule has 0 saturated heterocycles. The third-order valence-electron chi connectivity index (χ3n) is 5.72. The molecule has 0 spiro atoms. The van der Waals surface area contributed by atoms with Gasteiger partial charge in [-0.1, -0.05) is 60.4 Å². The van der Waals surface area contributed by atoms with Gasteiger partial charge in [-0.3, -0.25) is 0 Å². The molecule has 36 heavy (non-hydrogen) atoms. The molecule has 0 amide bonds. The number of hydrogen-bond donors (Lipinski definition) is 1. The number of thioether (sulfide) groups is 1. The van der Waals surface area contributed by atoms with E-state index in [1.54, 1.807) is 48.2 Å². The molecule has 0 aliphatic rings. The van der Waals surface area contributed by atoms with Crippen LogP contribution in [0.3, 0.4) is 0 Å². The van der Waals surface area contributed by atoms with E-state index in [0.29, 0.717) is 27.1 Å². The molecule has 1 heterocycles. The van der Waals surface area contributed by atoms with Crippen LogP contribution in [0, 0.1) is 6.92 Å². The Balaban J connectivity index is 1.50. The lowest BCUT2D eigenvalue weighted by Crippen LogP contribution is -2.02. The molecule has 4 aromatic rings. The maximum absolute atomic E-state index is 11.2. The number of benzene rings is 3. The second-order valence-corrected chi connectivity index (χ2v) is 10.5. The van der Waals surface area contributed by atoms with Crippen LogP contribution in [0.15, 0.2) is 70.1 Å². The van der Waals surface area contributed by atoms with Crippen LogP contribution in [-0.2, 0) is 12.4 Å². The summed E-state index contributed by atoms with van der Waals surface area (Å²) < 4.78 is 11.8. The van der Waals surface area contributed by atoms with Crippen LogP contribution in [0.2, 0.25) is 10.0 Å². The highest BCUT2D eigenvalue weighted by Crippen LogP contribution is 2.39. The van der Waals surface area contributed by atoms with Crippen LogP contribution in [-0.4, -0.2) is 16.2 Å². The van der Waals surface area contributed by atoms with Crippen molar-refractivity contribution in [1.82, 2.24) is 5.16 Å². The van der Waals surface area contributed by atoms with Gasteiger partial charge in [-0.25, -0.2) is 4.79 Å². The van der Waals surface area contributed by atoms with Gasteiger partial charge in [-0.15, -0.1) is 11.8 Å². The minimum absolute atomic E-state index is 0.104. The normalized spacial score (nSPS) is 11.2. The van der Waals surface area contributed by atoms with Crippen molar-refractivity contribution in [2.75, 3.05) is 0 Å². The van der Waals surface area contributed by atoms with Gasteiger partial charge in [0.15, 0.2) is 0 Å². The quantitative estimate of drug-likeness (QED) is 0.214. The molecule has 8 heteroatoms. The summed E-state index contributed by atoms with van der Waals surface area (Å²) >= 11 is 14.5. The van der Waals surface area contributed by atoms with Crippen molar-refractivity contribution in [1.29, 1.82) is 0 Å². The molecule has 0 saturated carbocycles. The Labute approximate surface area is 224 Å². The fourth-order valence-corrected chi connectivity index (χ4v) is 5.40. The number of rotatable bonds is 9. The van der Waals surface area contributed by atoms with Gasteiger partial charge in [-0.05, 0) is 60.5 Å². The highest BCUT2D eigenvalue weighted by Gasteiger charge is 2.24. The fraction of sp³-hybridized carbons (Fsp3) is 0.214. The monoisotopic (exact) mass is 541 g/mol. The molecule has 3 aromatic carbocycles. The number of aryl methyl sites for hydroxylation is 1. The van der Waals surface area contributed by atoms with E-state index in [1.165, 1.54) is 0 Å². The maximum atomic E-state index is 11.2. The average Bonchev–Trinajstić information content (AvgIpc) is 3.26. The number of aromatic carboxylic acids is 1. The Bertz CT molecular complexity index is 1380. The standard InChI is InChI=1S/C28H25Cl2NO4S/c1-16(2)27-22(26(31-35-27)25-23(29)8-5-9-24(25)30)14-34-20-11-10-19(17(3)12-20)15-36-21-7-4-6-18(13-21)28(32)33/h4-13,16H,14-15H2,1-3H3,(H,32,33). The number of carboxylic acid groups (broad SMARTS) is 1. The van der Waals surface area contributed by atoms with Crippen LogP contribution < -0.4 is 4.74 Å². The average molecular weight is 542 g/mol. The minimum Gasteiger partial charge on any atom is -0.489 e. The zero-order valence-electron chi connectivity index (χ0n) is 20.0. The number of carbonyl (C=O) groups is 1.